The summed E-state index contributed by atoms with van der Waals surface area (Å²) in [5.41, 5.74) is 1.53. The summed E-state index contributed by atoms with van der Waals surface area (Å²) in [4.78, 5) is 1.44. The fourth-order valence-corrected chi connectivity index (χ4v) is 4.01. The third-order valence-electron chi connectivity index (χ3n) is 4.17. The van der Waals surface area contributed by atoms with Gasteiger partial charge in [0.1, 0.15) is 0 Å². The van der Waals surface area contributed by atoms with Gasteiger partial charge < -0.3 is 5.32 Å². The van der Waals surface area contributed by atoms with E-state index in [0.717, 1.165) is 18.4 Å². The maximum Gasteiger partial charge on any atom is 0.0357 e. The molecule has 0 radical (unpaired) electrons. The third-order valence-corrected chi connectivity index (χ3v) is 5.05. The number of thiophene rings is 1. The van der Waals surface area contributed by atoms with Gasteiger partial charge in [0.25, 0.3) is 0 Å². The molecule has 0 saturated heterocycles. The summed E-state index contributed by atoms with van der Waals surface area (Å²) in [5.74, 6) is 1.75. The molecular formula is C16H27NS. The van der Waals surface area contributed by atoms with Crippen LogP contribution in [0.25, 0.3) is 0 Å². The van der Waals surface area contributed by atoms with Gasteiger partial charge in [0.05, 0.1) is 0 Å². The van der Waals surface area contributed by atoms with Gasteiger partial charge in [-0.1, -0.05) is 26.7 Å². The predicted molar refractivity (Wildman–Crippen MR) is 81.2 cm³/mol. The average Bonchev–Trinajstić information content (AvgIpc) is 2.76. The summed E-state index contributed by atoms with van der Waals surface area (Å²) in [6, 6.07) is 2.98. The first-order valence-electron chi connectivity index (χ1n) is 7.49. The molecule has 1 aliphatic rings. The van der Waals surface area contributed by atoms with Crippen LogP contribution in [0.1, 0.15) is 62.4 Å². The second kappa shape index (κ2) is 6.72. The highest BCUT2D eigenvalue weighted by atomic mass is 32.1. The van der Waals surface area contributed by atoms with Gasteiger partial charge in [-0.2, -0.15) is 0 Å². The topological polar surface area (TPSA) is 12.0 Å². The molecule has 1 aliphatic carbocycles. The molecule has 2 rings (SSSR count). The van der Waals surface area contributed by atoms with Gasteiger partial charge in [-0.05, 0) is 61.6 Å². The molecule has 1 nitrogen and oxygen atoms in total. The first-order chi connectivity index (χ1) is 8.70. The van der Waals surface area contributed by atoms with Crippen LogP contribution in [0.5, 0.6) is 0 Å². The molecule has 2 heteroatoms. The van der Waals surface area contributed by atoms with Gasteiger partial charge in [-0.3, -0.25) is 0 Å². The van der Waals surface area contributed by atoms with E-state index in [9.17, 15) is 0 Å². The average molecular weight is 265 g/mol. The second-order valence-corrected chi connectivity index (χ2v) is 7.07. The fraction of sp³-hybridized carbons (Fsp3) is 0.750. The molecule has 1 N–H and O–H groups in total. The quantitative estimate of drug-likeness (QED) is 0.796. The van der Waals surface area contributed by atoms with Crippen molar-refractivity contribution >= 4 is 11.3 Å². The summed E-state index contributed by atoms with van der Waals surface area (Å²) in [6.07, 6.45) is 6.87. The number of aryl methyl sites for hydroxylation is 1. The molecule has 102 valence electrons. The smallest absolute Gasteiger partial charge is 0.0357 e. The van der Waals surface area contributed by atoms with Crippen molar-refractivity contribution in [3.63, 3.8) is 0 Å². The zero-order valence-corrected chi connectivity index (χ0v) is 12.9. The van der Waals surface area contributed by atoms with Crippen molar-refractivity contribution in [3.8, 4) is 0 Å². The van der Waals surface area contributed by atoms with Crippen molar-refractivity contribution in [2.45, 2.75) is 58.9 Å². The van der Waals surface area contributed by atoms with E-state index in [1.165, 1.54) is 42.5 Å². The van der Waals surface area contributed by atoms with Crippen LogP contribution in [0.4, 0.5) is 0 Å². The molecule has 3 atom stereocenters. The third kappa shape index (κ3) is 3.58. The van der Waals surface area contributed by atoms with Crippen LogP contribution in [0, 0.1) is 18.8 Å². The van der Waals surface area contributed by atoms with Crippen molar-refractivity contribution in [3.05, 3.63) is 21.9 Å². The summed E-state index contributed by atoms with van der Waals surface area (Å²) in [7, 11) is 0. The lowest BCUT2D eigenvalue weighted by Gasteiger charge is -2.33. The Balaban J connectivity index is 2.08. The Kier molecular flexibility index (Phi) is 5.25. The normalized spacial score (nSPS) is 26.2. The van der Waals surface area contributed by atoms with E-state index in [-0.39, 0.29) is 0 Å². The van der Waals surface area contributed by atoms with Crippen LogP contribution in [0.2, 0.25) is 0 Å². The lowest BCUT2D eigenvalue weighted by Crippen LogP contribution is -2.31. The van der Waals surface area contributed by atoms with Crippen molar-refractivity contribution < 1.29 is 0 Å². The lowest BCUT2D eigenvalue weighted by atomic mass is 9.77. The summed E-state index contributed by atoms with van der Waals surface area (Å²) in [5, 5.41) is 6.16. The van der Waals surface area contributed by atoms with Crippen LogP contribution in [0.3, 0.4) is 0 Å². The Morgan fingerprint density at radius 1 is 1.44 bits per heavy atom. The van der Waals surface area contributed by atoms with Gasteiger partial charge in [0.15, 0.2) is 0 Å². The molecule has 0 bridgehead atoms. The van der Waals surface area contributed by atoms with Crippen molar-refractivity contribution in [2.75, 3.05) is 6.54 Å². The monoisotopic (exact) mass is 265 g/mol. The zero-order chi connectivity index (χ0) is 13.0. The summed E-state index contributed by atoms with van der Waals surface area (Å²) in [6.45, 7) is 8.04. The number of rotatable bonds is 5. The zero-order valence-electron chi connectivity index (χ0n) is 12.0. The number of hydrogen-bond donors (Lipinski definition) is 1. The molecule has 1 heterocycles. The Labute approximate surface area is 116 Å². The van der Waals surface area contributed by atoms with Crippen molar-refractivity contribution in [2.24, 2.45) is 11.8 Å². The minimum Gasteiger partial charge on any atom is -0.310 e. The molecule has 1 fully saturated rings. The van der Waals surface area contributed by atoms with E-state index in [0.29, 0.717) is 6.04 Å². The summed E-state index contributed by atoms with van der Waals surface area (Å²) < 4.78 is 0. The number of hydrogen-bond acceptors (Lipinski definition) is 2. The SMILES string of the molecule is CCCNC(c1csc(C)c1)C1CCCC(C)C1. The van der Waals surface area contributed by atoms with Crippen molar-refractivity contribution in [1.29, 1.82) is 0 Å². The van der Waals surface area contributed by atoms with E-state index in [1.807, 2.05) is 11.3 Å². The molecule has 1 aromatic rings. The first kappa shape index (κ1) is 14.1. The Hall–Kier alpha value is -0.340. The van der Waals surface area contributed by atoms with Gasteiger partial charge in [-0.15, -0.1) is 11.3 Å². The minimum absolute atomic E-state index is 0.595. The van der Waals surface area contributed by atoms with E-state index >= 15 is 0 Å². The van der Waals surface area contributed by atoms with E-state index in [1.54, 1.807) is 0 Å². The fourth-order valence-electron chi connectivity index (χ4n) is 3.27. The first-order valence-corrected chi connectivity index (χ1v) is 8.37. The molecular weight excluding hydrogens is 238 g/mol. The standard InChI is InChI=1S/C16H27NS/c1-4-8-17-16(15-10-13(3)18-11-15)14-7-5-6-12(2)9-14/h10-12,14,16-17H,4-9H2,1-3H3. The molecule has 0 aliphatic heterocycles. The predicted octanol–water partition coefficient (Wildman–Crippen LogP) is 4.92. The van der Waals surface area contributed by atoms with Crippen LogP contribution in [-0.4, -0.2) is 6.54 Å². The van der Waals surface area contributed by atoms with Crippen molar-refractivity contribution in [1.82, 2.24) is 5.32 Å². The maximum atomic E-state index is 3.80. The summed E-state index contributed by atoms with van der Waals surface area (Å²) >= 11 is 1.89. The van der Waals surface area contributed by atoms with E-state index in [2.05, 4.69) is 37.5 Å². The highest BCUT2D eigenvalue weighted by Gasteiger charge is 2.27. The largest absolute Gasteiger partial charge is 0.310 e. The Morgan fingerprint density at radius 2 is 2.28 bits per heavy atom. The highest BCUT2D eigenvalue weighted by Crippen LogP contribution is 2.38. The second-order valence-electron chi connectivity index (χ2n) is 5.95. The van der Waals surface area contributed by atoms with Gasteiger partial charge in [-0.25, -0.2) is 0 Å². The lowest BCUT2D eigenvalue weighted by molar-refractivity contribution is 0.224. The molecule has 3 unspecified atom stereocenters. The van der Waals surface area contributed by atoms with Gasteiger partial charge in [0, 0.05) is 10.9 Å². The maximum absolute atomic E-state index is 3.80. The van der Waals surface area contributed by atoms with Crippen LogP contribution in [-0.2, 0) is 0 Å². The molecule has 1 saturated carbocycles. The van der Waals surface area contributed by atoms with Gasteiger partial charge in [0.2, 0.25) is 0 Å². The molecule has 0 aromatic carbocycles. The van der Waals surface area contributed by atoms with Crippen LogP contribution < -0.4 is 5.32 Å². The van der Waals surface area contributed by atoms with Gasteiger partial charge >= 0.3 is 0 Å². The molecule has 1 aromatic heterocycles. The Morgan fingerprint density at radius 3 is 2.89 bits per heavy atom. The minimum atomic E-state index is 0.595. The molecule has 0 amide bonds. The number of nitrogens with one attached hydrogen (secondary N) is 1. The molecule has 18 heavy (non-hydrogen) atoms. The highest BCUT2D eigenvalue weighted by molar-refractivity contribution is 7.10. The van der Waals surface area contributed by atoms with Crippen LogP contribution >= 0.6 is 11.3 Å². The van der Waals surface area contributed by atoms with Crippen LogP contribution in [0.15, 0.2) is 11.4 Å². The van der Waals surface area contributed by atoms with E-state index < -0.39 is 0 Å². The molecule has 0 spiro atoms. The Bertz CT molecular complexity index is 358. The van der Waals surface area contributed by atoms with E-state index in [4.69, 9.17) is 0 Å².